The van der Waals surface area contributed by atoms with Crippen molar-refractivity contribution in [2.45, 2.75) is 38.8 Å². The zero-order valence-electron chi connectivity index (χ0n) is 14.6. The van der Waals surface area contributed by atoms with E-state index in [2.05, 4.69) is 0 Å². The fraction of sp³-hybridized carbons (Fsp3) is 0.588. The van der Waals surface area contributed by atoms with Gasteiger partial charge in [0.25, 0.3) is 0 Å². The molecule has 3 nitrogen and oxygen atoms in total. The third-order valence-electron chi connectivity index (χ3n) is 3.46. The molecule has 1 amide bonds. The van der Waals surface area contributed by atoms with Gasteiger partial charge >= 0.3 is 6.18 Å². The first-order chi connectivity index (χ1) is 11.3. The second kappa shape index (κ2) is 9.32. The Hall–Kier alpha value is -1.21. The molecule has 0 spiro atoms. The monoisotopic (exact) mass is 362 g/mol. The van der Waals surface area contributed by atoms with E-state index in [1.54, 1.807) is 11.0 Å². The normalized spacial score (nSPS) is 15.9. The van der Waals surface area contributed by atoms with Crippen molar-refractivity contribution in [3.05, 3.63) is 29.8 Å². The summed E-state index contributed by atoms with van der Waals surface area (Å²) in [5.74, 6) is 0.0468. The fourth-order valence-electron chi connectivity index (χ4n) is 2.28. The number of alkyl halides is 3. The van der Waals surface area contributed by atoms with E-state index in [4.69, 9.17) is 0 Å². The van der Waals surface area contributed by atoms with E-state index in [0.29, 0.717) is 26.2 Å². The molecule has 0 atom stereocenters. The van der Waals surface area contributed by atoms with Gasteiger partial charge in [-0.1, -0.05) is 39.8 Å². The summed E-state index contributed by atoms with van der Waals surface area (Å²) in [6.45, 7) is 9.94. The van der Waals surface area contributed by atoms with Crippen molar-refractivity contribution < 1.29 is 18.0 Å². The van der Waals surface area contributed by atoms with Gasteiger partial charge in [0.05, 0.1) is 5.56 Å². The molecule has 0 unspecified atom stereocenters. The van der Waals surface area contributed by atoms with E-state index in [1.807, 2.05) is 32.0 Å². The SMILES string of the molecule is CC.CC(C)C(=O)N1CCN(Sc2ccccc2C(F)(F)F)CC1. The third kappa shape index (κ3) is 5.70. The van der Waals surface area contributed by atoms with Crippen LogP contribution >= 0.6 is 11.9 Å². The van der Waals surface area contributed by atoms with E-state index >= 15 is 0 Å². The minimum Gasteiger partial charge on any atom is -0.340 e. The average Bonchev–Trinajstić information content (AvgIpc) is 2.56. The van der Waals surface area contributed by atoms with Crippen LogP contribution in [0.3, 0.4) is 0 Å². The number of carbonyl (C=O) groups is 1. The lowest BCUT2D eigenvalue weighted by atomic mass is 10.2. The summed E-state index contributed by atoms with van der Waals surface area (Å²) in [4.78, 5) is 13.9. The van der Waals surface area contributed by atoms with Gasteiger partial charge in [0.2, 0.25) is 5.91 Å². The minimum absolute atomic E-state index is 0.0508. The molecule has 1 aliphatic heterocycles. The summed E-state index contributed by atoms with van der Waals surface area (Å²) in [6.07, 6.45) is -4.35. The number of hydrogen-bond acceptors (Lipinski definition) is 3. The van der Waals surface area contributed by atoms with Gasteiger partial charge in [-0.15, -0.1) is 0 Å². The Morgan fingerprint density at radius 3 is 2.12 bits per heavy atom. The van der Waals surface area contributed by atoms with E-state index in [-0.39, 0.29) is 16.7 Å². The quantitative estimate of drug-likeness (QED) is 0.738. The summed E-state index contributed by atoms with van der Waals surface area (Å²) >= 11 is 1.12. The first-order valence-electron chi connectivity index (χ1n) is 8.17. The Labute approximate surface area is 146 Å². The molecule has 1 saturated heterocycles. The molecule has 7 heteroatoms. The standard InChI is InChI=1S/C15H19F3N2OS.C2H6/c1-11(2)14(21)19-7-9-20(10-8-19)22-13-6-4-3-5-12(13)15(16,17)18;1-2/h3-6,11H,7-10H2,1-2H3;1-2H3. The Balaban J connectivity index is 0.00000139. The highest BCUT2D eigenvalue weighted by Crippen LogP contribution is 2.37. The number of halogens is 3. The van der Waals surface area contributed by atoms with Gasteiger partial charge in [0.15, 0.2) is 0 Å². The zero-order chi connectivity index (χ0) is 18.3. The molecule has 1 heterocycles. The van der Waals surface area contributed by atoms with Gasteiger partial charge in [0.1, 0.15) is 0 Å². The van der Waals surface area contributed by atoms with Gasteiger partial charge in [-0.3, -0.25) is 4.79 Å². The van der Waals surface area contributed by atoms with Gasteiger partial charge in [-0.05, 0) is 24.1 Å². The van der Waals surface area contributed by atoms with Crippen molar-refractivity contribution in [1.29, 1.82) is 0 Å². The lowest BCUT2D eigenvalue weighted by molar-refractivity contribution is -0.139. The predicted molar refractivity (Wildman–Crippen MR) is 91.6 cm³/mol. The highest BCUT2D eigenvalue weighted by atomic mass is 32.2. The Morgan fingerprint density at radius 2 is 1.62 bits per heavy atom. The largest absolute Gasteiger partial charge is 0.417 e. The van der Waals surface area contributed by atoms with Crippen LogP contribution in [0.2, 0.25) is 0 Å². The highest BCUT2D eigenvalue weighted by Gasteiger charge is 2.34. The van der Waals surface area contributed by atoms with Crippen LogP contribution in [0.4, 0.5) is 13.2 Å². The lowest BCUT2D eigenvalue weighted by Gasteiger charge is -2.35. The molecule has 0 radical (unpaired) electrons. The predicted octanol–water partition coefficient (Wildman–Crippen LogP) is 4.54. The smallest absolute Gasteiger partial charge is 0.340 e. The second-order valence-corrected chi connectivity index (χ2v) is 6.63. The molecule has 0 saturated carbocycles. The Morgan fingerprint density at radius 1 is 1.08 bits per heavy atom. The number of rotatable bonds is 3. The molecule has 0 bridgehead atoms. The van der Waals surface area contributed by atoms with Crippen LogP contribution in [0.15, 0.2) is 29.2 Å². The molecular formula is C17H25F3N2OS. The molecule has 24 heavy (non-hydrogen) atoms. The maximum absolute atomic E-state index is 13.0. The lowest BCUT2D eigenvalue weighted by Crippen LogP contribution is -2.47. The van der Waals surface area contributed by atoms with Gasteiger partial charge in [-0.25, -0.2) is 4.31 Å². The number of carbonyl (C=O) groups excluding carboxylic acids is 1. The first kappa shape index (κ1) is 20.8. The fourth-order valence-corrected chi connectivity index (χ4v) is 3.33. The molecule has 1 aromatic carbocycles. The molecule has 0 aliphatic carbocycles. The van der Waals surface area contributed by atoms with Crippen molar-refractivity contribution in [1.82, 2.24) is 9.21 Å². The topological polar surface area (TPSA) is 23.6 Å². The van der Waals surface area contributed by atoms with Crippen LogP contribution in [0.25, 0.3) is 0 Å². The number of piperazine rings is 1. The first-order valence-corrected chi connectivity index (χ1v) is 8.94. The van der Waals surface area contributed by atoms with Crippen LogP contribution < -0.4 is 0 Å². The number of benzene rings is 1. The van der Waals surface area contributed by atoms with Crippen LogP contribution in [-0.4, -0.2) is 41.3 Å². The Bertz CT molecular complexity index is 527. The number of nitrogens with zero attached hydrogens (tertiary/aromatic N) is 2. The second-order valence-electron chi connectivity index (χ2n) is 5.49. The highest BCUT2D eigenvalue weighted by molar-refractivity contribution is 7.97. The van der Waals surface area contributed by atoms with E-state index in [1.165, 1.54) is 12.1 Å². The number of hydrogen-bond donors (Lipinski definition) is 0. The van der Waals surface area contributed by atoms with E-state index in [0.717, 1.165) is 18.0 Å². The maximum Gasteiger partial charge on any atom is 0.417 e. The van der Waals surface area contributed by atoms with Crippen molar-refractivity contribution in [3.8, 4) is 0 Å². The van der Waals surface area contributed by atoms with Crippen LogP contribution in [-0.2, 0) is 11.0 Å². The molecule has 1 fully saturated rings. The van der Waals surface area contributed by atoms with E-state index in [9.17, 15) is 18.0 Å². The van der Waals surface area contributed by atoms with E-state index < -0.39 is 11.7 Å². The molecule has 0 N–H and O–H groups in total. The zero-order valence-corrected chi connectivity index (χ0v) is 15.4. The molecule has 1 aliphatic rings. The van der Waals surface area contributed by atoms with Crippen molar-refractivity contribution in [2.24, 2.45) is 5.92 Å². The molecular weight excluding hydrogens is 337 g/mol. The summed E-state index contributed by atoms with van der Waals surface area (Å²) in [6, 6.07) is 5.59. The summed E-state index contributed by atoms with van der Waals surface area (Å²) in [5.41, 5.74) is -0.610. The summed E-state index contributed by atoms with van der Waals surface area (Å²) in [7, 11) is 0. The molecule has 136 valence electrons. The minimum atomic E-state index is -4.35. The average molecular weight is 362 g/mol. The molecule has 0 aromatic heterocycles. The molecule has 2 rings (SSSR count). The van der Waals surface area contributed by atoms with Crippen molar-refractivity contribution >= 4 is 17.9 Å². The van der Waals surface area contributed by atoms with Crippen molar-refractivity contribution in [2.75, 3.05) is 26.2 Å². The summed E-state index contributed by atoms with van der Waals surface area (Å²) in [5, 5.41) is 0. The Kier molecular flexibility index (Phi) is 8.09. The van der Waals surface area contributed by atoms with Gasteiger partial charge < -0.3 is 4.90 Å². The van der Waals surface area contributed by atoms with Crippen LogP contribution in [0.1, 0.15) is 33.3 Å². The van der Waals surface area contributed by atoms with Crippen LogP contribution in [0.5, 0.6) is 0 Å². The van der Waals surface area contributed by atoms with Crippen molar-refractivity contribution in [3.63, 3.8) is 0 Å². The molecule has 1 aromatic rings. The van der Waals surface area contributed by atoms with Gasteiger partial charge in [-0.2, -0.15) is 13.2 Å². The maximum atomic E-state index is 13.0. The van der Waals surface area contributed by atoms with Crippen LogP contribution in [0, 0.1) is 5.92 Å². The third-order valence-corrected chi connectivity index (χ3v) is 4.64. The summed E-state index contributed by atoms with van der Waals surface area (Å²) < 4.78 is 40.8. The van der Waals surface area contributed by atoms with Gasteiger partial charge in [0, 0.05) is 37.0 Å². The number of amides is 1.